The number of rotatable bonds is 4. The number of anilines is 1. The summed E-state index contributed by atoms with van der Waals surface area (Å²) in [6, 6.07) is 16.3. The molecule has 0 spiro atoms. The topological polar surface area (TPSA) is 65.5 Å². The van der Waals surface area contributed by atoms with Crippen LogP contribution in [0.15, 0.2) is 60.8 Å². The van der Waals surface area contributed by atoms with E-state index in [2.05, 4.69) is 34.6 Å². The van der Waals surface area contributed by atoms with Gasteiger partial charge in [0.05, 0.1) is 12.6 Å². The third-order valence-electron chi connectivity index (χ3n) is 5.72. The Balaban J connectivity index is 1.52. The second-order valence-corrected chi connectivity index (χ2v) is 8.02. The summed E-state index contributed by atoms with van der Waals surface area (Å²) in [5, 5.41) is 5.14. The summed E-state index contributed by atoms with van der Waals surface area (Å²) in [4.78, 5) is 32.7. The Morgan fingerprint density at radius 3 is 2.81 bits per heavy atom. The van der Waals surface area contributed by atoms with Gasteiger partial charge in [-0.05, 0) is 48.0 Å². The Bertz CT molecular complexity index is 1170. The maximum Gasteiger partial charge on any atom is 0.246 e. The number of carbonyl (C=O) groups excluding carboxylic acids is 2. The molecular formula is C25H26N4O2. The van der Waals surface area contributed by atoms with E-state index in [1.54, 1.807) is 23.2 Å². The highest BCUT2D eigenvalue weighted by atomic mass is 16.2. The molecule has 2 heterocycles. The smallest absolute Gasteiger partial charge is 0.246 e. The van der Waals surface area contributed by atoms with Crippen LogP contribution in [0.2, 0.25) is 0 Å². The van der Waals surface area contributed by atoms with Crippen LogP contribution in [0.3, 0.4) is 0 Å². The third-order valence-corrected chi connectivity index (χ3v) is 5.72. The number of hydrogen-bond acceptors (Lipinski definition) is 4. The highest BCUT2D eigenvalue weighted by Crippen LogP contribution is 2.27. The molecule has 0 unspecified atom stereocenters. The van der Waals surface area contributed by atoms with Gasteiger partial charge in [0.25, 0.3) is 0 Å². The van der Waals surface area contributed by atoms with Gasteiger partial charge in [-0.2, -0.15) is 0 Å². The molecule has 31 heavy (non-hydrogen) atoms. The highest BCUT2D eigenvalue weighted by Gasteiger charge is 2.19. The maximum atomic E-state index is 12.9. The van der Waals surface area contributed by atoms with Gasteiger partial charge in [0, 0.05) is 31.4 Å². The average Bonchev–Trinajstić information content (AvgIpc) is 2.91. The first kappa shape index (κ1) is 20.8. The molecule has 6 nitrogen and oxygen atoms in total. The normalized spacial score (nSPS) is 15.4. The first-order chi connectivity index (χ1) is 14.9. The lowest BCUT2D eigenvalue weighted by Crippen LogP contribution is -2.28. The minimum Gasteiger partial charge on any atom is -0.335 e. The van der Waals surface area contributed by atoms with Gasteiger partial charge in [-0.3, -0.25) is 14.5 Å². The number of carbonyl (C=O) groups is 2. The van der Waals surface area contributed by atoms with Crippen LogP contribution in [-0.4, -0.2) is 47.2 Å². The lowest BCUT2D eigenvalue weighted by molar-refractivity contribution is -0.126. The van der Waals surface area contributed by atoms with Gasteiger partial charge in [-0.1, -0.05) is 42.5 Å². The van der Waals surface area contributed by atoms with E-state index >= 15 is 0 Å². The molecule has 6 heteroatoms. The predicted molar refractivity (Wildman–Crippen MR) is 123 cm³/mol. The van der Waals surface area contributed by atoms with Crippen LogP contribution >= 0.6 is 0 Å². The molecule has 0 saturated heterocycles. The minimum atomic E-state index is -0.0826. The standard InChI is InChI=1S/C25H26N4O2/c1-17(21-10-6-8-19-7-4-5-9-22(19)21)29(3)24(31)12-11-18-13-20-15-28(2)16-23(30)27-25(20)26-14-18/h4-14,17H,15-16H2,1-3H3,(H,26,27,30)/t17-/m0/s1. The monoisotopic (exact) mass is 414 g/mol. The van der Waals surface area contributed by atoms with E-state index in [0.717, 1.165) is 27.5 Å². The number of nitrogens with zero attached hydrogens (tertiary/aromatic N) is 3. The quantitative estimate of drug-likeness (QED) is 0.659. The molecule has 2 amide bonds. The molecule has 1 aliphatic heterocycles. The molecule has 4 rings (SSSR count). The number of amides is 2. The van der Waals surface area contributed by atoms with Crippen LogP contribution in [0.25, 0.3) is 16.8 Å². The van der Waals surface area contributed by atoms with Crippen molar-refractivity contribution in [1.29, 1.82) is 0 Å². The first-order valence-electron chi connectivity index (χ1n) is 10.3. The summed E-state index contributed by atoms with van der Waals surface area (Å²) < 4.78 is 0. The van der Waals surface area contributed by atoms with Gasteiger partial charge in [0.2, 0.25) is 11.8 Å². The zero-order valence-electron chi connectivity index (χ0n) is 18.0. The van der Waals surface area contributed by atoms with E-state index in [4.69, 9.17) is 0 Å². The lowest BCUT2D eigenvalue weighted by Gasteiger charge is -2.25. The molecule has 0 aliphatic carbocycles. The fourth-order valence-corrected chi connectivity index (χ4v) is 3.92. The van der Waals surface area contributed by atoms with Crippen LogP contribution in [0.5, 0.6) is 0 Å². The van der Waals surface area contributed by atoms with Crippen LogP contribution in [-0.2, 0) is 16.1 Å². The summed E-state index contributed by atoms with van der Waals surface area (Å²) in [7, 11) is 3.71. The van der Waals surface area contributed by atoms with Gasteiger partial charge in [-0.25, -0.2) is 4.98 Å². The van der Waals surface area contributed by atoms with Gasteiger partial charge in [-0.15, -0.1) is 0 Å². The molecule has 158 valence electrons. The van der Waals surface area contributed by atoms with Crippen molar-refractivity contribution in [2.75, 3.05) is 26.0 Å². The molecule has 3 aromatic rings. The number of aromatic nitrogens is 1. The van der Waals surface area contributed by atoms with E-state index in [1.807, 2.05) is 50.2 Å². The number of nitrogens with one attached hydrogen (secondary N) is 1. The van der Waals surface area contributed by atoms with E-state index in [-0.39, 0.29) is 17.9 Å². The molecule has 1 N–H and O–H groups in total. The SMILES string of the molecule is C[C@@H](c1cccc2ccccc12)N(C)C(=O)C=Cc1cnc2c(c1)CN(C)CC(=O)N2. The van der Waals surface area contributed by atoms with Crippen molar-refractivity contribution in [3.63, 3.8) is 0 Å². The zero-order chi connectivity index (χ0) is 22.0. The zero-order valence-corrected chi connectivity index (χ0v) is 18.0. The summed E-state index contributed by atoms with van der Waals surface area (Å²) in [5.41, 5.74) is 2.87. The molecule has 1 atom stereocenters. The molecular weight excluding hydrogens is 388 g/mol. The van der Waals surface area contributed by atoms with Gasteiger partial charge in [0.1, 0.15) is 5.82 Å². The van der Waals surface area contributed by atoms with Crippen molar-refractivity contribution in [1.82, 2.24) is 14.8 Å². The Kier molecular flexibility index (Phi) is 5.82. The maximum absolute atomic E-state index is 12.9. The Labute approximate surface area is 182 Å². The fraction of sp³-hybridized carbons (Fsp3) is 0.240. The minimum absolute atomic E-state index is 0.0720. The fourth-order valence-electron chi connectivity index (χ4n) is 3.92. The first-order valence-corrected chi connectivity index (χ1v) is 10.3. The molecule has 0 fully saturated rings. The molecule has 0 saturated carbocycles. The number of benzene rings is 2. The number of fused-ring (bicyclic) bond motifs is 2. The predicted octanol–water partition coefficient (Wildman–Crippen LogP) is 3.85. The van der Waals surface area contributed by atoms with E-state index < -0.39 is 0 Å². The average molecular weight is 415 g/mol. The van der Waals surface area contributed by atoms with Crippen molar-refractivity contribution in [3.8, 4) is 0 Å². The summed E-state index contributed by atoms with van der Waals surface area (Å²) in [5.74, 6) is 0.427. The van der Waals surface area contributed by atoms with E-state index in [0.29, 0.717) is 18.9 Å². The van der Waals surface area contributed by atoms with Crippen LogP contribution in [0, 0.1) is 0 Å². The van der Waals surface area contributed by atoms with Crippen molar-refractivity contribution < 1.29 is 9.59 Å². The van der Waals surface area contributed by atoms with E-state index in [1.165, 1.54) is 0 Å². The van der Waals surface area contributed by atoms with Crippen LogP contribution < -0.4 is 5.32 Å². The van der Waals surface area contributed by atoms with E-state index in [9.17, 15) is 9.59 Å². The van der Waals surface area contributed by atoms with Crippen LogP contribution in [0.1, 0.15) is 29.7 Å². The number of likely N-dealkylation sites (N-methyl/N-ethyl adjacent to an activating group) is 2. The molecule has 0 radical (unpaired) electrons. The Morgan fingerprint density at radius 1 is 1.19 bits per heavy atom. The van der Waals surface area contributed by atoms with Crippen LogP contribution in [0.4, 0.5) is 5.82 Å². The van der Waals surface area contributed by atoms with Gasteiger partial charge < -0.3 is 10.2 Å². The lowest BCUT2D eigenvalue weighted by atomic mass is 9.99. The summed E-state index contributed by atoms with van der Waals surface area (Å²) in [6.45, 7) is 2.99. The largest absolute Gasteiger partial charge is 0.335 e. The third kappa shape index (κ3) is 4.49. The highest BCUT2D eigenvalue weighted by molar-refractivity contribution is 5.94. The Morgan fingerprint density at radius 2 is 1.97 bits per heavy atom. The second kappa shape index (κ2) is 8.70. The second-order valence-electron chi connectivity index (χ2n) is 8.02. The molecule has 1 aromatic heterocycles. The van der Waals surface area contributed by atoms with Crippen molar-refractivity contribution in [2.24, 2.45) is 0 Å². The summed E-state index contributed by atoms with van der Waals surface area (Å²) in [6.07, 6.45) is 5.01. The molecule has 2 aromatic carbocycles. The summed E-state index contributed by atoms with van der Waals surface area (Å²) >= 11 is 0. The van der Waals surface area contributed by atoms with Gasteiger partial charge >= 0.3 is 0 Å². The van der Waals surface area contributed by atoms with Crippen molar-refractivity contribution >= 4 is 34.5 Å². The molecule has 1 aliphatic rings. The molecule has 0 bridgehead atoms. The van der Waals surface area contributed by atoms with Crippen molar-refractivity contribution in [2.45, 2.75) is 19.5 Å². The Hall–Kier alpha value is -3.51. The van der Waals surface area contributed by atoms with Crippen molar-refractivity contribution in [3.05, 3.63) is 77.5 Å². The van der Waals surface area contributed by atoms with Gasteiger partial charge in [0.15, 0.2) is 0 Å². The number of hydrogen-bond donors (Lipinski definition) is 1. The number of pyridine rings is 1.